The summed E-state index contributed by atoms with van der Waals surface area (Å²) in [6.07, 6.45) is 2.39. The van der Waals surface area contributed by atoms with Crippen LogP contribution in [0.5, 0.6) is 0 Å². The van der Waals surface area contributed by atoms with Crippen molar-refractivity contribution in [3.63, 3.8) is 0 Å². The Bertz CT molecular complexity index is 366. The van der Waals surface area contributed by atoms with E-state index in [4.69, 9.17) is 10.5 Å². The SMILES string of the molecule is COC1(C)CCCN(Cc2ccc(CN)s2)C1. The molecule has 17 heavy (non-hydrogen) atoms. The first-order valence-corrected chi connectivity index (χ1v) is 7.02. The Hall–Kier alpha value is -0.420. The van der Waals surface area contributed by atoms with Gasteiger partial charge in [-0.15, -0.1) is 11.3 Å². The summed E-state index contributed by atoms with van der Waals surface area (Å²) in [6.45, 7) is 6.09. The quantitative estimate of drug-likeness (QED) is 0.895. The standard InChI is InChI=1S/C13H22N2OS/c1-13(16-2)6-3-7-15(10-13)9-12-5-4-11(8-14)17-12/h4-5H,3,6-10,14H2,1-2H3. The highest BCUT2D eigenvalue weighted by Crippen LogP contribution is 2.26. The van der Waals surface area contributed by atoms with Crippen LogP contribution in [0.4, 0.5) is 0 Å². The van der Waals surface area contributed by atoms with Crippen LogP contribution >= 0.6 is 11.3 Å². The number of nitrogens with two attached hydrogens (primary N) is 1. The summed E-state index contributed by atoms with van der Waals surface area (Å²) in [6, 6.07) is 4.34. The number of hydrogen-bond donors (Lipinski definition) is 1. The molecule has 1 atom stereocenters. The zero-order chi connectivity index (χ0) is 12.3. The van der Waals surface area contributed by atoms with E-state index in [2.05, 4.69) is 24.0 Å². The van der Waals surface area contributed by atoms with Gasteiger partial charge in [0.15, 0.2) is 0 Å². The summed E-state index contributed by atoms with van der Waals surface area (Å²) in [5, 5.41) is 0. The van der Waals surface area contributed by atoms with Gasteiger partial charge in [-0.1, -0.05) is 0 Å². The van der Waals surface area contributed by atoms with Gasteiger partial charge < -0.3 is 10.5 Å². The molecule has 1 aromatic rings. The highest BCUT2D eigenvalue weighted by Gasteiger charge is 2.30. The number of rotatable bonds is 4. The minimum atomic E-state index is 0.0339. The van der Waals surface area contributed by atoms with Gasteiger partial charge in [0.05, 0.1) is 5.60 Å². The molecule has 0 aliphatic carbocycles. The van der Waals surface area contributed by atoms with Gasteiger partial charge in [-0.3, -0.25) is 4.90 Å². The Kier molecular flexibility index (Phi) is 4.20. The van der Waals surface area contributed by atoms with Crippen LogP contribution in [-0.2, 0) is 17.8 Å². The van der Waals surface area contributed by atoms with Gasteiger partial charge in [-0.05, 0) is 38.4 Å². The van der Waals surface area contributed by atoms with Crippen LogP contribution in [0.2, 0.25) is 0 Å². The number of piperidine rings is 1. The molecule has 4 heteroatoms. The largest absolute Gasteiger partial charge is 0.377 e. The van der Waals surface area contributed by atoms with Crippen LogP contribution < -0.4 is 5.73 Å². The van der Waals surface area contributed by atoms with E-state index in [1.165, 1.54) is 29.1 Å². The van der Waals surface area contributed by atoms with Crippen LogP contribution in [0.15, 0.2) is 12.1 Å². The lowest BCUT2D eigenvalue weighted by Crippen LogP contribution is -2.46. The molecule has 1 fully saturated rings. The Labute approximate surface area is 108 Å². The van der Waals surface area contributed by atoms with Gasteiger partial charge in [0.25, 0.3) is 0 Å². The smallest absolute Gasteiger partial charge is 0.0777 e. The molecule has 1 aromatic heterocycles. The molecule has 2 heterocycles. The van der Waals surface area contributed by atoms with Crippen molar-refractivity contribution in [1.29, 1.82) is 0 Å². The van der Waals surface area contributed by atoms with Crippen LogP contribution in [0.3, 0.4) is 0 Å². The maximum Gasteiger partial charge on any atom is 0.0777 e. The van der Waals surface area contributed by atoms with Crippen molar-refractivity contribution in [1.82, 2.24) is 4.90 Å². The van der Waals surface area contributed by atoms with Crippen molar-refractivity contribution in [3.8, 4) is 0 Å². The molecule has 2 rings (SSSR count). The molecule has 0 radical (unpaired) electrons. The predicted molar refractivity (Wildman–Crippen MR) is 72.1 cm³/mol. The van der Waals surface area contributed by atoms with Crippen LogP contribution in [0.25, 0.3) is 0 Å². The zero-order valence-electron chi connectivity index (χ0n) is 10.7. The van der Waals surface area contributed by atoms with E-state index in [1.54, 1.807) is 0 Å². The maximum atomic E-state index is 5.64. The minimum absolute atomic E-state index is 0.0339. The second kappa shape index (κ2) is 5.48. The summed E-state index contributed by atoms with van der Waals surface area (Å²) < 4.78 is 5.61. The van der Waals surface area contributed by atoms with Gasteiger partial charge >= 0.3 is 0 Å². The lowest BCUT2D eigenvalue weighted by molar-refractivity contribution is -0.0524. The molecule has 1 aliphatic rings. The molecule has 1 aliphatic heterocycles. The van der Waals surface area contributed by atoms with E-state index in [9.17, 15) is 0 Å². The molecule has 3 nitrogen and oxygen atoms in total. The summed E-state index contributed by atoms with van der Waals surface area (Å²) in [4.78, 5) is 5.16. The third-order valence-electron chi connectivity index (χ3n) is 3.53. The molecule has 1 saturated heterocycles. The summed E-state index contributed by atoms with van der Waals surface area (Å²) >= 11 is 1.83. The number of ether oxygens (including phenoxy) is 1. The maximum absolute atomic E-state index is 5.64. The lowest BCUT2D eigenvalue weighted by atomic mass is 9.95. The molecular formula is C13H22N2OS. The van der Waals surface area contributed by atoms with Crippen molar-refractivity contribution in [2.45, 2.75) is 38.5 Å². The molecule has 1 unspecified atom stereocenters. The Morgan fingerprint density at radius 3 is 2.88 bits per heavy atom. The van der Waals surface area contributed by atoms with Gasteiger partial charge in [0.1, 0.15) is 0 Å². The first-order chi connectivity index (χ1) is 8.15. The second-order valence-electron chi connectivity index (χ2n) is 5.04. The second-order valence-corrected chi connectivity index (χ2v) is 6.29. The molecule has 0 bridgehead atoms. The number of methoxy groups -OCH3 is 1. The van der Waals surface area contributed by atoms with Crippen molar-refractivity contribution in [2.24, 2.45) is 5.73 Å². The zero-order valence-corrected chi connectivity index (χ0v) is 11.6. The van der Waals surface area contributed by atoms with E-state index >= 15 is 0 Å². The average molecular weight is 254 g/mol. The summed E-state index contributed by atoms with van der Waals surface area (Å²) in [7, 11) is 1.82. The van der Waals surface area contributed by atoms with Gasteiger partial charge in [0, 0.05) is 36.5 Å². The Morgan fingerprint density at radius 1 is 1.47 bits per heavy atom. The molecule has 0 spiro atoms. The topological polar surface area (TPSA) is 38.5 Å². The number of likely N-dealkylation sites (tertiary alicyclic amines) is 1. The van der Waals surface area contributed by atoms with Crippen molar-refractivity contribution in [3.05, 3.63) is 21.9 Å². The number of nitrogens with zero attached hydrogens (tertiary/aromatic N) is 1. The lowest BCUT2D eigenvalue weighted by Gasteiger charge is -2.39. The third kappa shape index (κ3) is 3.28. The molecule has 0 amide bonds. The van der Waals surface area contributed by atoms with E-state index < -0.39 is 0 Å². The molecule has 2 N–H and O–H groups in total. The van der Waals surface area contributed by atoms with Crippen molar-refractivity contribution < 1.29 is 4.74 Å². The van der Waals surface area contributed by atoms with Gasteiger partial charge in [-0.25, -0.2) is 0 Å². The fraction of sp³-hybridized carbons (Fsp3) is 0.692. The Morgan fingerprint density at radius 2 is 2.24 bits per heavy atom. The van der Waals surface area contributed by atoms with Crippen LogP contribution in [0.1, 0.15) is 29.5 Å². The van der Waals surface area contributed by atoms with E-state index in [-0.39, 0.29) is 5.60 Å². The van der Waals surface area contributed by atoms with E-state index in [0.29, 0.717) is 6.54 Å². The molecule has 0 saturated carbocycles. The minimum Gasteiger partial charge on any atom is -0.377 e. The number of hydrogen-bond acceptors (Lipinski definition) is 4. The van der Waals surface area contributed by atoms with E-state index in [0.717, 1.165) is 13.1 Å². The molecule has 96 valence electrons. The van der Waals surface area contributed by atoms with Crippen LogP contribution in [-0.4, -0.2) is 30.7 Å². The summed E-state index contributed by atoms with van der Waals surface area (Å²) in [5.74, 6) is 0. The van der Waals surface area contributed by atoms with E-state index in [1.807, 2.05) is 18.4 Å². The number of thiophene rings is 1. The van der Waals surface area contributed by atoms with Gasteiger partial charge in [-0.2, -0.15) is 0 Å². The molecule has 0 aromatic carbocycles. The first kappa shape index (κ1) is 13.0. The highest BCUT2D eigenvalue weighted by molar-refractivity contribution is 7.11. The summed E-state index contributed by atoms with van der Waals surface area (Å²) in [5.41, 5.74) is 5.67. The van der Waals surface area contributed by atoms with Gasteiger partial charge in [0.2, 0.25) is 0 Å². The highest BCUT2D eigenvalue weighted by atomic mass is 32.1. The average Bonchev–Trinajstić information content (AvgIpc) is 2.77. The third-order valence-corrected chi connectivity index (χ3v) is 4.62. The fourth-order valence-electron chi connectivity index (χ4n) is 2.45. The molecular weight excluding hydrogens is 232 g/mol. The first-order valence-electron chi connectivity index (χ1n) is 6.20. The Balaban J connectivity index is 1.94. The van der Waals surface area contributed by atoms with Crippen molar-refractivity contribution in [2.75, 3.05) is 20.2 Å². The van der Waals surface area contributed by atoms with Crippen LogP contribution in [0, 0.1) is 0 Å². The van der Waals surface area contributed by atoms with Crippen molar-refractivity contribution >= 4 is 11.3 Å². The fourth-order valence-corrected chi connectivity index (χ4v) is 3.39. The normalized spacial score (nSPS) is 26.3. The predicted octanol–water partition coefficient (Wildman–Crippen LogP) is 2.21. The monoisotopic (exact) mass is 254 g/mol.